The van der Waals surface area contributed by atoms with E-state index in [1.165, 1.54) is 0 Å². The van der Waals surface area contributed by atoms with Gasteiger partial charge in [-0.3, -0.25) is 4.79 Å². The van der Waals surface area contributed by atoms with Crippen molar-refractivity contribution in [3.8, 4) is 0 Å². The molecule has 0 spiro atoms. The Hall–Kier alpha value is -0.710. The van der Waals surface area contributed by atoms with E-state index in [-0.39, 0.29) is 12.8 Å². The summed E-state index contributed by atoms with van der Waals surface area (Å²) in [6, 6.07) is -1.21. The molecule has 1 atom stereocenters. The Labute approximate surface area is 75.2 Å². The summed E-state index contributed by atoms with van der Waals surface area (Å²) in [7, 11) is 1.14. The van der Waals surface area contributed by atoms with Crippen molar-refractivity contribution in [2.24, 2.45) is 11.1 Å². The molecule has 1 aliphatic carbocycles. The van der Waals surface area contributed by atoms with Gasteiger partial charge in [-0.2, -0.15) is 0 Å². The van der Waals surface area contributed by atoms with Gasteiger partial charge in [-0.15, -0.1) is 0 Å². The third-order valence-corrected chi connectivity index (χ3v) is 2.71. The number of halogens is 2. The molecule has 76 valence electrons. The summed E-state index contributed by atoms with van der Waals surface area (Å²) in [4.78, 5) is 11.0. The van der Waals surface area contributed by atoms with E-state index in [9.17, 15) is 13.6 Å². The highest BCUT2D eigenvalue weighted by molar-refractivity contribution is 5.77. The second-order valence-electron chi connectivity index (χ2n) is 3.55. The molecule has 0 aromatic heterocycles. The van der Waals surface area contributed by atoms with Crippen molar-refractivity contribution < 1.29 is 18.3 Å². The molecule has 2 N–H and O–H groups in total. The first-order chi connectivity index (χ1) is 5.85. The first kappa shape index (κ1) is 10.4. The van der Waals surface area contributed by atoms with Crippen LogP contribution in [-0.2, 0) is 9.53 Å². The van der Waals surface area contributed by atoms with Crippen LogP contribution < -0.4 is 5.73 Å². The summed E-state index contributed by atoms with van der Waals surface area (Å²) in [5, 5.41) is 0. The van der Waals surface area contributed by atoms with E-state index in [1.54, 1.807) is 0 Å². The molecule has 1 rings (SSSR count). The molecule has 0 aromatic carbocycles. The van der Waals surface area contributed by atoms with Crippen molar-refractivity contribution >= 4 is 5.97 Å². The average Bonchev–Trinajstić information content (AvgIpc) is 2.80. The van der Waals surface area contributed by atoms with Crippen LogP contribution in [0.4, 0.5) is 8.78 Å². The van der Waals surface area contributed by atoms with Crippen molar-refractivity contribution in [1.29, 1.82) is 0 Å². The van der Waals surface area contributed by atoms with Crippen LogP contribution in [-0.4, -0.2) is 25.0 Å². The highest BCUT2D eigenvalue weighted by Crippen LogP contribution is 2.58. The number of carbonyl (C=O) groups excluding carboxylic acids is 1. The Kier molecular flexibility index (Phi) is 2.32. The second-order valence-corrected chi connectivity index (χ2v) is 3.55. The van der Waals surface area contributed by atoms with Crippen LogP contribution in [0.15, 0.2) is 0 Å². The minimum absolute atomic E-state index is 0.284. The average molecular weight is 193 g/mol. The molecule has 0 amide bonds. The summed E-state index contributed by atoms with van der Waals surface area (Å²) in [5.74, 6) is -3.68. The van der Waals surface area contributed by atoms with Crippen LogP contribution >= 0.6 is 0 Å². The highest BCUT2D eigenvalue weighted by atomic mass is 19.3. The van der Waals surface area contributed by atoms with E-state index in [0.717, 1.165) is 14.0 Å². The highest BCUT2D eigenvalue weighted by Gasteiger charge is 2.64. The maximum Gasteiger partial charge on any atom is 0.323 e. The Bertz CT molecular complexity index is 221. The zero-order valence-electron chi connectivity index (χ0n) is 7.64. The first-order valence-corrected chi connectivity index (χ1v) is 4.06. The van der Waals surface area contributed by atoms with E-state index in [0.29, 0.717) is 0 Å². The third kappa shape index (κ3) is 1.52. The summed E-state index contributed by atoms with van der Waals surface area (Å²) >= 11 is 0. The fourth-order valence-corrected chi connectivity index (χ4v) is 1.51. The Morgan fingerprint density at radius 2 is 2.08 bits per heavy atom. The predicted molar refractivity (Wildman–Crippen MR) is 42.3 cm³/mol. The van der Waals surface area contributed by atoms with E-state index in [2.05, 4.69) is 4.74 Å². The number of alkyl halides is 2. The Morgan fingerprint density at radius 1 is 1.62 bits per heavy atom. The molecule has 1 unspecified atom stereocenters. The van der Waals surface area contributed by atoms with Gasteiger partial charge in [0.1, 0.15) is 6.04 Å². The van der Waals surface area contributed by atoms with Crippen LogP contribution in [0.25, 0.3) is 0 Å². The molecule has 1 fully saturated rings. The largest absolute Gasteiger partial charge is 0.468 e. The number of nitrogens with two attached hydrogens (primary N) is 1. The second kappa shape index (κ2) is 2.90. The maximum atomic E-state index is 13.0. The van der Waals surface area contributed by atoms with Gasteiger partial charge in [-0.05, 0) is 19.8 Å². The fraction of sp³-hybridized carbons (Fsp3) is 0.875. The number of esters is 1. The van der Waals surface area contributed by atoms with Gasteiger partial charge in [-0.25, -0.2) is 8.78 Å². The minimum Gasteiger partial charge on any atom is -0.468 e. The van der Waals surface area contributed by atoms with Gasteiger partial charge in [-0.1, -0.05) is 0 Å². The van der Waals surface area contributed by atoms with Crippen molar-refractivity contribution in [2.75, 3.05) is 7.11 Å². The standard InChI is InChI=1S/C8H13F2NO2/c1-7(9,10)8(3-4-8)5(11)6(12)13-2/h5H,3-4,11H2,1-2H3. The monoisotopic (exact) mass is 193 g/mol. The van der Waals surface area contributed by atoms with Crippen LogP contribution in [0.3, 0.4) is 0 Å². The lowest BCUT2D eigenvalue weighted by atomic mass is 9.90. The van der Waals surface area contributed by atoms with Crippen molar-refractivity contribution in [2.45, 2.75) is 31.7 Å². The molecule has 0 aromatic rings. The molecule has 0 aliphatic heterocycles. The molecule has 1 saturated carbocycles. The van der Waals surface area contributed by atoms with E-state index in [4.69, 9.17) is 5.73 Å². The van der Waals surface area contributed by atoms with Gasteiger partial charge in [0, 0.05) is 0 Å². The number of methoxy groups -OCH3 is 1. The van der Waals surface area contributed by atoms with Crippen LogP contribution in [0.5, 0.6) is 0 Å². The topological polar surface area (TPSA) is 52.3 Å². The smallest absolute Gasteiger partial charge is 0.323 e. The molecule has 0 radical (unpaired) electrons. The Morgan fingerprint density at radius 3 is 2.31 bits per heavy atom. The summed E-state index contributed by atoms with van der Waals surface area (Å²) in [5.41, 5.74) is 4.04. The van der Waals surface area contributed by atoms with Crippen molar-refractivity contribution in [3.05, 3.63) is 0 Å². The minimum atomic E-state index is -2.92. The summed E-state index contributed by atoms with van der Waals surface area (Å²) in [6.07, 6.45) is 0.569. The lowest BCUT2D eigenvalue weighted by Crippen LogP contribution is -2.48. The summed E-state index contributed by atoms with van der Waals surface area (Å²) < 4.78 is 30.4. The van der Waals surface area contributed by atoms with E-state index < -0.39 is 23.3 Å². The van der Waals surface area contributed by atoms with Crippen molar-refractivity contribution in [3.63, 3.8) is 0 Å². The number of rotatable bonds is 3. The van der Waals surface area contributed by atoms with Gasteiger partial charge < -0.3 is 10.5 Å². The first-order valence-electron chi connectivity index (χ1n) is 4.06. The SMILES string of the molecule is COC(=O)C(N)C1(C(C)(F)F)CC1. The molecule has 1 aliphatic rings. The van der Waals surface area contributed by atoms with Crippen LogP contribution in [0.1, 0.15) is 19.8 Å². The van der Waals surface area contributed by atoms with Gasteiger partial charge in [0.2, 0.25) is 0 Å². The van der Waals surface area contributed by atoms with Crippen molar-refractivity contribution in [1.82, 2.24) is 0 Å². The number of carbonyl (C=O) groups is 1. The van der Waals surface area contributed by atoms with Crippen LogP contribution in [0.2, 0.25) is 0 Å². The van der Waals surface area contributed by atoms with Gasteiger partial charge in [0.25, 0.3) is 5.92 Å². The fourth-order valence-electron chi connectivity index (χ4n) is 1.51. The van der Waals surface area contributed by atoms with Gasteiger partial charge in [0.05, 0.1) is 12.5 Å². The molecular weight excluding hydrogens is 180 g/mol. The van der Waals surface area contributed by atoms with E-state index in [1.807, 2.05) is 0 Å². The third-order valence-electron chi connectivity index (χ3n) is 2.71. The lowest BCUT2D eigenvalue weighted by molar-refractivity contribution is -0.150. The number of hydrogen-bond donors (Lipinski definition) is 1. The zero-order valence-corrected chi connectivity index (χ0v) is 7.64. The quantitative estimate of drug-likeness (QED) is 0.678. The zero-order chi connectivity index (χ0) is 10.3. The lowest BCUT2D eigenvalue weighted by Gasteiger charge is -2.26. The number of ether oxygens (including phenoxy) is 1. The molecule has 13 heavy (non-hydrogen) atoms. The van der Waals surface area contributed by atoms with E-state index >= 15 is 0 Å². The summed E-state index contributed by atoms with van der Waals surface area (Å²) in [6.45, 7) is 0.794. The molecule has 5 heteroatoms. The molecule has 3 nitrogen and oxygen atoms in total. The maximum absolute atomic E-state index is 13.0. The number of hydrogen-bond acceptors (Lipinski definition) is 3. The van der Waals surface area contributed by atoms with Gasteiger partial charge >= 0.3 is 5.97 Å². The van der Waals surface area contributed by atoms with Crippen LogP contribution in [0, 0.1) is 5.41 Å². The molecule has 0 bridgehead atoms. The van der Waals surface area contributed by atoms with Gasteiger partial charge in [0.15, 0.2) is 0 Å². The predicted octanol–water partition coefficient (Wildman–Crippen LogP) is 0.922. The Balaban J connectivity index is 2.77. The molecule has 0 saturated heterocycles. The molecular formula is C8H13F2NO2. The molecule has 0 heterocycles. The normalized spacial score (nSPS) is 22.2.